The van der Waals surface area contributed by atoms with Gasteiger partial charge in [-0.1, -0.05) is 18.2 Å². The summed E-state index contributed by atoms with van der Waals surface area (Å²) in [7, 11) is 1.57. The summed E-state index contributed by atoms with van der Waals surface area (Å²) in [6.45, 7) is 1.27. The number of carbonyl (C=O) groups is 2. The lowest BCUT2D eigenvalue weighted by Gasteiger charge is -2.11. The minimum Gasteiger partial charge on any atom is -0.496 e. The molecule has 7 nitrogen and oxygen atoms in total. The third-order valence-electron chi connectivity index (χ3n) is 4.71. The third-order valence-corrected chi connectivity index (χ3v) is 4.91. The lowest BCUT2D eigenvalue weighted by atomic mass is 10.2. The highest BCUT2D eigenvalue weighted by atomic mass is 32.1. The zero-order valence-corrected chi connectivity index (χ0v) is 18.0. The summed E-state index contributed by atoms with van der Waals surface area (Å²) in [6.07, 6.45) is 5.14. The molecule has 8 heteroatoms. The number of ether oxygens (including phenoxy) is 2. The van der Waals surface area contributed by atoms with E-state index in [0.717, 1.165) is 25.0 Å². The maximum atomic E-state index is 12.2. The van der Waals surface area contributed by atoms with Crippen LogP contribution in [-0.2, 0) is 9.53 Å². The Kier molecular flexibility index (Phi) is 8.14. The predicted octanol–water partition coefficient (Wildman–Crippen LogP) is 3.13. The summed E-state index contributed by atoms with van der Waals surface area (Å²) in [5, 5.41) is 8.55. The topological polar surface area (TPSA) is 88.7 Å². The van der Waals surface area contributed by atoms with Gasteiger partial charge in [0.1, 0.15) is 5.75 Å². The van der Waals surface area contributed by atoms with Crippen molar-refractivity contribution in [3.05, 3.63) is 65.7 Å². The fourth-order valence-electron chi connectivity index (χ4n) is 3.10. The molecule has 31 heavy (non-hydrogen) atoms. The molecular formula is C23H25N3O4S. The predicted molar refractivity (Wildman–Crippen MR) is 124 cm³/mol. The van der Waals surface area contributed by atoms with Gasteiger partial charge in [-0.3, -0.25) is 14.9 Å². The van der Waals surface area contributed by atoms with Crippen LogP contribution in [-0.4, -0.2) is 43.3 Å². The minimum atomic E-state index is -0.367. The van der Waals surface area contributed by atoms with Crippen LogP contribution in [0.5, 0.6) is 5.75 Å². The molecule has 2 amide bonds. The molecular weight excluding hydrogens is 414 g/mol. The van der Waals surface area contributed by atoms with Gasteiger partial charge >= 0.3 is 0 Å². The SMILES string of the molecule is COc1ccccc1/C=C/C(=O)NC(=S)Nc1ccc(C(=O)NCC2CCCO2)cc1. The van der Waals surface area contributed by atoms with E-state index in [1.54, 1.807) is 37.5 Å². The summed E-state index contributed by atoms with van der Waals surface area (Å²) in [4.78, 5) is 24.3. The molecule has 0 bridgehead atoms. The minimum absolute atomic E-state index is 0.0999. The van der Waals surface area contributed by atoms with Crippen molar-refractivity contribution < 1.29 is 19.1 Å². The molecule has 162 valence electrons. The van der Waals surface area contributed by atoms with Crippen LogP contribution in [0.4, 0.5) is 5.69 Å². The summed E-state index contributed by atoms with van der Waals surface area (Å²) in [5.74, 6) is 0.153. The average Bonchev–Trinajstić information content (AvgIpc) is 3.30. The fourth-order valence-corrected chi connectivity index (χ4v) is 3.32. The molecule has 3 N–H and O–H groups in total. The average molecular weight is 440 g/mol. The highest BCUT2D eigenvalue weighted by Crippen LogP contribution is 2.18. The molecule has 0 radical (unpaired) electrons. The zero-order valence-electron chi connectivity index (χ0n) is 17.2. The Hall–Kier alpha value is -3.23. The molecule has 0 saturated carbocycles. The number of amides is 2. The van der Waals surface area contributed by atoms with E-state index in [4.69, 9.17) is 21.7 Å². The van der Waals surface area contributed by atoms with Gasteiger partial charge in [-0.2, -0.15) is 0 Å². The van der Waals surface area contributed by atoms with Crippen molar-refractivity contribution in [3.8, 4) is 5.75 Å². The summed E-state index contributed by atoms with van der Waals surface area (Å²) in [5.41, 5.74) is 1.99. The molecule has 0 aromatic heterocycles. The Morgan fingerprint density at radius 1 is 1.19 bits per heavy atom. The van der Waals surface area contributed by atoms with Gasteiger partial charge in [-0.05, 0) is 61.5 Å². The molecule has 0 aliphatic carbocycles. The first-order valence-corrected chi connectivity index (χ1v) is 10.4. The van der Waals surface area contributed by atoms with Gasteiger partial charge in [0.05, 0.1) is 13.2 Å². The number of nitrogens with one attached hydrogen (secondary N) is 3. The van der Waals surface area contributed by atoms with E-state index in [0.29, 0.717) is 23.5 Å². The van der Waals surface area contributed by atoms with Crippen LogP contribution >= 0.6 is 12.2 Å². The van der Waals surface area contributed by atoms with Crippen molar-refractivity contribution in [1.29, 1.82) is 0 Å². The van der Waals surface area contributed by atoms with Gasteiger partial charge < -0.3 is 20.1 Å². The van der Waals surface area contributed by atoms with E-state index in [1.165, 1.54) is 6.08 Å². The molecule has 1 heterocycles. The lowest BCUT2D eigenvalue weighted by Crippen LogP contribution is -2.33. The monoisotopic (exact) mass is 439 g/mol. The summed E-state index contributed by atoms with van der Waals surface area (Å²) in [6, 6.07) is 14.2. The zero-order chi connectivity index (χ0) is 22.1. The fraction of sp³-hybridized carbons (Fsp3) is 0.261. The van der Waals surface area contributed by atoms with Crippen molar-refractivity contribution in [3.63, 3.8) is 0 Å². The van der Waals surface area contributed by atoms with E-state index in [9.17, 15) is 9.59 Å². The highest BCUT2D eigenvalue weighted by Gasteiger charge is 2.16. The second kappa shape index (κ2) is 11.2. The number of rotatable bonds is 7. The first-order chi connectivity index (χ1) is 15.0. The largest absolute Gasteiger partial charge is 0.496 e. The molecule has 2 aromatic rings. The summed E-state index contributed by atoms with van der Waals surface area (Å²) < 4.78 is 10.8. The van der Waals surface area contributed by atoms with Crippen molar-refractivity contribution in [2.75, 3.05) is 25.6 Å². The first kappa shape index (κ1) is 22.5. The van der Waals surface area contributed by atoms with Crippen molar-refractivity contribution in [1.82, 2.24) is 10.6 Å². The molecule has 0 spiro atoms. The van der Waals surface area contributed by atoms with Gasteiger partial charge in [-0.15, -0.1) is 0 Å². The number of hydrogen-bond donors (Lipinski definition) is 3. The van der Waals surface area contributed by atoms with Crippen LogP contribution in [0.15, 0.2) is 54.6 Å². The van der Waals surface area contributed by atoms with Crippen LogP contribution in [0.2, 0.25) is 0 Å². The van der Waals surface area contributed by atoms with Crippen molar-refractivity contribution in [2.45, 2.75) is 18.9 Å². The molecule has 3 rings (SSSR count). The van der Waals surface area contributed by atoms with E-state index in [2.05, 4.69) is 16.0 Å². The quantitative estimate of drug-likeness (QED) is 0.454. The third kappa shape index (κ3) is 6.91. The second-order valence-corrected chi connectivity index (χ2v) is 7.35. The Balaban J connectivity index is 1.46. The molecule has 1 aliphatic rings. The number of anilines is 1. The molecule has 1 atom stereocenters. The maximum Gasteiger partial charge on any atom is 0.251 e. The Morgan fingerprint density at radius 2 is 1.97 bits per heavy atom. The van der Waals surface area contributed by atoms with E-state index < -0.39 is 0 Å². The van der Waals surface area contributed by atoms with E-state index >= 15 is 0 Å². The molecule has 1 saturated heterocycles. The van der Waals surface area contributed by atoms with Crippen LogP contribution in [0.25, 0.3) is 6.08 Å². The Morgan fingerprint density at radius 3 is 2.68 bits per heavy atom. The van der Waals surface area contributed by atoms with Crippen LogP contribution in [0.3, 0.4) is 0 Å². The first-order valence-electron chi connectivity index (χ1n) is 9.98. The van der Waals surface area contributed by atoms with Gasteiger partial charge in [0.25, 0.3) is 5.91 Å². The van der Waals surface area contributed by atoms with Gasteiger partial charge in [0.15, 0.2) is 5.11 Å². The van der Waals surface area contributed by atoms with Gasteiger partial charge in [0.2, 0.25) is 5.91 Å². The van der Waals surface area contributed by atoms with Crippen LogP contribution < -0.4 is 20.7 Å². The summed E-state index contributed by atoms with van der Waals surface area (Å²) >= 11 is 5.18. The number of hydrogen-bond acceptors (Lipinski definition) is 5. The lowest BCUT2D eigenvalue weighted by molar-refractivity contribution is -0.115. The standard InChI is InChI=1S/C23H25N3O4S/c1-29-20-7-3-2-5-16(20)10-13-21(27)26-23(31)25-18-11-8-17(9-12-18)22(28)24-15-19-6-4-14-30-19/h2-3,5,7-13,19H,4,6,14-15H2,1H3,(H,24,28)(H2,25,26,27,31)/b13-10+. The number of para-hydroxylation sites is 1. The van der Waals surface area contributed by atoms with Crippen LogP contribution in [0, 0.1) is 0 Å². The molecule has 2 aromatic carbocycles. The number of benzene rings is 2. The Labute approximate surface area is 186 Å². The number of methoxy groups -OCH3 is 1. The van der Waals surface area contributed by atoms with Crippen LogP contribution in [0.1, 0.15) is 28.8 Å². The van der Waals surface area contributed by atoms with Gasteiger partial charge in [0, 0.05) is 36.0 Å². The van der Waals surface area contributed by atoms with Crippen molar-refractivity contribution in [2.24, 2.45) is 0 Å². The normalized spacial score (nSPS) is 15.5. The highest BCUT2D eigenvalue weighted by molar-refractivity contribution is 7.80. The van der Waals surface area contributed by atoms with Gasteiger partial charge in [-0.25, -0.2) is 0 Å². The second-order valence-electron chi connectivity index (χ2n) is 6.94. The number of carbonyl (C=O) groups excluding carboxylic acids is 2. The van der Waals surface area contributed by atoms with E-state index in [-0.39, 0.29) is 23.0 Å². The molecule has 1 aliphatic heterocycles. The molecule has 1 fully saturated rings. The Bertz CT molecular complexity index is 954. The maximum absolute atomic E-state index is 12.2. The number of thiocarbonyl (C=S) groups is 1. The van der Waals surface area contributed by atoms with Crippen molar-refractivity contribution >= 4 is 40.9 Å². The molecule has 1 unspecified atom stereocenters. The van der Waals surface area contributed by atoms with E-state index in [1.807, 2.05) is 24.3 Å². The smallest absolute Gasteiger partial charge is 0.251 e.